The van der Waals surface area contributed by atoms with Crippen LogP contribution in [0.25, 0.3) is 0 Å². The van der Waals surface area contributed by atoms with Gasteiger partial charge in [-0.2, -0.15) is 0 Å². The number of benzene rings is 1. The molecule has 25 heavy (non-hydrogen) atoms. The van der Waals surface area contributed by atoms with Gasteiger partial charge in [0, 0.05) is 13.1 Å². The first-order chi connectivity index (χ1) is 11.9. The number of carbonyl (C=O) groups excluding carboxylic acids is 3. The summed E-state index contributed by atoms with van der Waals surface area (Å²) in [7, 11) is 0. The Morgan fingerprint density at radius 2 is 2.00 bits per heavy atom. The second-order valence-corrected chi connectivity index (χ2v) is 6.04. The van der Waals surface area contributed by atoms with E-state index in [0.29, 0.717) is 0 Å². The number of halogens is 1. The number of piperazine rings is 2. The van der Waals surface area contributed by atoms with E-state index in [9.17, 15) is 23.9 Å². The van der Waals surface area contributed by atoms with E-state index in [-0.39, 0.29) is 31.3 Å². The predicted molar refractivity (Wildman–Crippen MR) is 83.1 cm³/mol. The molecule has 2 N–H and O–H groups in total. The molecule has 1 aromatic rings. The smallest absolute Gasteiger partial charge is 0.410 e. The van der Waals surface area contributed by atoms with Crippen LogP contribution in [-0.4, -0.2) is 70.6 Å². The molecule has 134 valence electrons. The largest absolute Gasteiger partial charge is 0.415 e. The molecule has 3 amide bonds. The quantitative estimate of drug-likeness (QED) is 0.763. The summed E-state index contributed by atoms with van der Waals surface area (Å²) in [6, 6.07) is 3.20. The van der Waals surface area contributed by atoms with Gasteiger partial charge >= 0.3 is 6.09 Å². The van der Waals surface area contributed by atoms with Gasteiger partial charge < -0.3 is 25.0 Å². The molecule has 0 bridgehead atoms. The van der Waals surface area contributed by atoms with Gasteiger partial charge in [0.25, 0.3) is 0 Å². The van der Waals surface area contributed by atoms with E-state index >= 15 is 0 Å². The average Bonchev–Trinajstić information content (AvgIpc) is 2.59. The number of carbonyl (C=O) groups is 3. The summed E-state index contributed by atoms with van der Waals surface area (Å²) in [6.07, 6.45) is -1.68. The highest BCUT2D eigenvalue weighted by Gasteiger charge is 2.45. The third-order valence-corrected chi connectivity index (χ3v) is 4.29. The minimum Gasteiger partial charge on any atom is -0.410 e. The second kappa shape index (κ2) is 6.67. The highest BCUT2D eigenvalue weighted by Crippen LogP contribution is 2.19. The summed E-state index contributed by atoms with van der Waals surface area (Å²) >= 11 is 0. The fourth-order valence-corrected chi connectivity index (χ4v) is 2.92. The van der Waals surface area contributed by atoms with Crippen molar-refractivity contribution in [2.75, 3.05) is 19.6 Å². The van der Waals surface area contributed by atoms with Crippen molar-refractivity contribution in [3.8, 4) is 5.75 Å². The van der Waals surface area contributed by atoms with E-state index in [2.05, 4.69) is 5.32 Å². The van der Waals surface area contributed by atoms with Gasteiger partial charge in [0.2, 0.25) is 11.8 Å². The van der Waals surface area contributed by atoms with Gasteiger partial charge in [-0.05, 0) is 31.2 Å². The van der Waals surface area contributed by atoms with E-state index in [1.54, 1.807) is 0 Å². The standard InChI is InChI=1S/C16H18FN3O5/c1-9(21)13-15(23)20-7-6-19(8-12(20)14(22)18-13)16(24)25-11-4-2-10(17)3-5-11/h2-5,9,12-13,21H,6-8H2,1H3,(H,18,22)/t9-,12+,13+/m0/s1. The number of aliphatic hydroxyl groups excluding tert-OH is 1. The Morgan fingerprint density at radius 3 is 2.64 bits per heavy atom. The van der Waals surface area contributed by atoms with E-state index in [1.807, 2.05) is 0 Å². The molecule has 9 heteroatoms. The summed E-state index contributed by atoms with van der Waals surface area (Å²) in [6.45, 7) is 1.78. The first-order valence-electron chi connectivity index (χ1n) is 7.88. The monoisotopic (exact) mass is 351 g/mol. The number of amides is 3. The Kier molecular flexibility index (Phi) is 4.58. The second-order valence-electron chi connectivity index (χ2n) is 6.04. The number of nitrogens with one attached hydrogen (secondary N) is 1. The van der Waals surface area contributed by atoms with Gasteiger partial charge in [0.1, 0.15) is 23.7 Å². The topological polar surface area (TPSA) is 99.2 Å². The highest BCUT2D eigenvalue weighted by atomic mass is 19.1. The first-order valence-corrected chi connectivity index (χ1v) is 7.88. The van der Waals surface area contributed by atoms with E-state index in [0.717, 1.165) is 0 Å². The Morgan fingerprint density at radius 1 is 1.32 bits per heavy atom. The Hall–Kier alpha value is -2.68. The predicted octanol–water partition coefficient (Wildman–Crippen LogP) is -0.284. The van der Waals surface area contributed by atoms with E-state index in [4.69, 9.17) is 4.74 Å². The van der Waals surface area contributed by atoms with Crippen molar-refractivity contribution in [2.45, 2.75) is 25.1 Å². The number of ether oxygens (including phenoxy) is 1. The summed E-state index contributed by atoms with van der Waals surface area (Å²) in [5, 5.41) is 12.1. The van der Waals surface area contributed by atoms with E-state index < -0.39 is 36.0 Å². The van der Waals surface area contributed by atoms with Crippen molar-refractivity contribution in [1.29, 1.82) is 0 Å². The molecule has 0 radical (unpaired) electrons. The van der Waals surface area contributed by atoms with Crippen molar-refractivity contribution in [3.63, 3.8) is 0 Å². The van der Waals surface area contributed by atoms with Crippen LogP contribution in [0.1, 0.15) is 6.92 Å². The Balaban J connectivity index is 1.66. The highest BCUT2D eigenvalue weighted by molar-refractivity contribution is 5.98. The van der Waals surface area contributed by atoms with Crippen LogP contribution in [-0.2, 0) is 9.59 Å². The van der Waals surface area contributed by atoms with Gasteiger partial charge in [-0.15, -0.1) is 0 Å². The molecule has 0 unspecified atom stereocenters. The molecule has 0 aromatic heterocycles. The number of rotatable bonds is 2. The molecule has 8 nitrogen and oxygen atoms in total. The summed E-state index contributed by atoms with van der Waals surface area (Å²) in [5.41, 5.74) is 0. The van der Waals surface area contributed by atoms with Gasteiger partial charge in [-0.25, -0.2) is 9.18 Å². The molecular weight excluding hydrogens is 333 g/mol. The van der Waals surface area contributed by atoms with Crippen molar-refractivity contribution in [1.82, 2.24) is 15.1 Å². The number of aliphatic hydroxyl groups is 1. The van der Waals surface area contributed by atoms with Crippen LogP contribution in [0.2, 0.25) is 0 Å². The van der Waals surface area contributed by atoms with E-state index in [1.165, 1.54) is 41.0 Å². The van der Waals surface area contributed by atoms with Gasteiger partial charge in [-0.1, -0.05) is 0 Å². The van der Waals surface area contributed by atoms with Crippen molar-refractivity contribution >= 4 is 17.9 Å². The van der Waals surface area contributed by atoms with Crippen LogP contribution in [0, 0.1) is 5.82 Å². The molecule has 0 spiro atoms. The minimum atomic E-state index is -1.00. The fraction of sp³-hybridized carbons (Fsp3) is 0.438. The van der Waals surface area contributed by atoms with Crippen molar-refractivity contribution in [2.24, 2.45) is 0 Å². The Labute approximate surface area is 143 Å². The molecule has 3 atom stereocenters. The molecule has 1 aromatic carbocycles. The van der Waals surface area contributed by atoms with Crippen LogP contribution in [0.15, 0.2) is 24.3 Å². The third-order valence-electron chi connectivity index (χ3n) is 4.29. The maximum Gasteiger partial charge on any atom is 0.415 e. The fourth-order valence-electron chi connectivity index (χ4n) is 2.92. The summed E-state index contributed by atoms with van der Waals surface area (Å²) < 4.78 is 18.0. The lowest BCUT2D eigenvalue weighted by Gasteiger charge is -2.45. The minimum absolute atomic E-state index is 0.00979. The summed E-state index contributed by atoms with van der Waals surface area (Å²) in [4.78, 5) is 39.5. The zero-order valence-electron chi connectivity index (χ0n) is 13.5. The zero-order chi connectivity index (χ0) is 18.1. The molecule has 3 rings (SSSR count). The third kappa shape index (κ3) is 3.41. The SMILES string of the molecule is C[C@H](O)[C@H]1NC(=O)[C@H]2CN(C(=O)Oc3ccc(F)cc3)CCN2C1=O. The molecule has 0 saturated carbocycles. The normalized spacial score (nSPS) is 24.4. The van der Waals surface area contributed by atoms with Crippen LogP contribution < -0.4 is 10.1 Å². The van der Waals surface area contributed by atoms with Crippen LogP contribution >= 0.6 is 0 Å². The lowest BCUT2D eigenvalue weighted by atomic mass is 10.0. The summed E-state index contributed by atoms with van der Waals surface area (Å²) in [5.74, 6) is -1.05. The van der Waals surface area contributed by atoms with Gasteiger partial charge in [0.05, 0.1) is 12.6 Å². The molecule has 2 saturated heterocycles. The van der Waals surface area contributed by atoms with Crippen LogP contribution in [0.5, 0.6) is 5.75 Å². The molecule has 0 aliphatic carbocycles. The molecule has 2 aliphatic heterocycles. The maximum absolute atomic E-state index is 12.9. The first kappa shape index (κ1) is 17.2. The lowest BCUT2D eigenvalue weighted by Crippen LogP contribution is -2.71. The molecule has 2 aliphatic rings. The van der Waals surface area contributed by atoms with Gasteiger partial charge in [0.15, 0.2) is 0 Å². The van der Waals surface area contributed by atoms with Crippen molar-refractivity contribution < 1.29 is 28.6 Å². The average molecular weight is 351 g/mol. The zero-order valence-corrected chi connectivity index (χ0v) is 13.5. The Bertz CT molecular complexity index is 694. The number of nitrogens with zero attached hydrogens (tertiary/aromatic N) is 2. The van der Waals surface area contributed by atoms with Crippen LogP contribution in [0.4, 0.5) is 9.18 Å². The molecule has 2 fully saturated rings. The number of fused-ring (bicyclic) bond motifs is 1. The molecular formula is C16H18FN3O5. The van der Waals surface area contributed by atoms with Crippen molar-refractivity contribution in [3.05, 3.63) is 30.1 Å². The maximum atomic E-state index is 12.9. The lowest BCUT2D eigenvalue weighted by molar-refractivity contribution is -0.155. The number of hydrogen-bond acceptors (Lipinski definition) is 5. The molecule has 2 heterocycles. The van der Waals surface area contributed by atoms with Gasteiger partial charge in [-0.3, -0.25) is 9.59 Å². The van der Waals surface area contributed by atoms with Crippen LogP contribution in [0.3, 0.4) is 0 Å². The number of hydrogen-bond donors (Lipinski definition) is 2.